The number of aromatic nitrogens is 4. The van der Waals surface area contributed by atoms with Gasteiger partial charge in [0.1, 0.15) is 18.1 Å². The average Bonchev–Trinajstić information content (AvgIpc) is 3.48. The van der Waals surface area contributed by atoms with Gasteiger partial charge < -0.3 is 14.5 Å². The lowest BCUT2D eigenvalue weighted by Gasteiger charge is -2.28. The maximum absolute atomic E-state index is 14.9. The standard InChI is InChI=1S/C21H18F8N6O2S/c22-14-5-11(36-19(25)26)1-4-13(14)15(8-35(9-21(27,28)29)38-12-2-3-12)32-20-30-6-10(7-31-20)17-33-34-18(37-17)16(23)24/h1,4-7,12,15-16,19H,2-3,8-9H2,(H,30,31,32). The first-order valence-corrected chi connectivity index (χ1v) is 11.7. The Balaban J connectivity index is 1.58. The molecule has 38 heavy (non-hydrogen) atoms. The summed E-state index contributed by atoms with van der Waals surface area (Å²) < 4.78 is 115. The van der Waals surface area contributed by atoms with Crippen LogP contribution in [0.2, 0.25) is 0 Å². The number of benzene rings is 1. The quantitative estimate of drug-likeness (QED) is 0.207. The lowest BCUT2D eigenvalue weighted by atomic mass is 10.1. The molecule has 17 heteroatoms. The van der Waals surface area contributed by atoms with E-state index in [4.69, 9.17) is 4.42 Å². The molecule has 0 bridgehead atoms. The zero-order valence-electron chi connectivity index (χ0n) is 19.0. The molecule has 0 saturated heterocycles. The molecule has 8 nitrogen and oxygen atoms in total. The molecular formula is C21H18F8N6O2S. The Bertz CT molecular complexity index is 1210. The van der Waals surface area contributed by atoms with Gasteiger partial charge in [0.05, 0.1) is 11.6 Å². The van der Waals surface area contributed by atoms with E-state index in [9.17, 15) is 35.1 Å². The molecule has 0 amide bonds. The number of anilines is 1. The lowest BCUT2D eigenvalue weighted by Crippen LogP contribution is -2.35. The fourth-order valence-electron chi connectivity index (χ4n) is 3.23. The topological polar surface area (TPSA) is 89.2 Å². The average molecular weight is 570 g/mol. The van der Waals surface area contributed by atoms with E-state index in [1.807, 2.05) is 0 Å². The van der Waals surface area contributed by atoms with Crippen molar-refractivity contribution in [2.45, 2.75) is 43.3 Å². The third kappa shape index (κ3) is 7.89. The van der Waals surface area contributed by atoms with Crippen LogP contribution in [0.5, 0.6) is 5.75 Å². The highest BCUT2D eigenvalue weighted by atomic mass is 32.2. The molecule has 3 aromatic rings. The van der Waals surface area contributed by atoms with Gasteiger partial charge in [-0.3, -0.25) is 0 Å². The molecule has 1 aliphatic carbocycles. The SMILES string of the molecule is Fc1cc(OC(F)F)ccc1C(CN(CC(F)(F)F)SC1CC1)Nc1ncc(-c2nnc(C(F)F)o2)cn1. The number of halogens is 8. The number of rotatable bonds is 12. The Morgan fingerprint density at radius 2 is 1.82 bits per heavy atom. The summed E-state index contributed by atoms with van der Waals surface area (Å²) in [6.45, 7) is -4.85. The summed E-state index contributed by atoms with van der Waals surface area (Å²) in [6.07, 6.45) is -3.79. The van der Waals surface area contributed by atoms with Crippen LogP contribution in [0.15, 0.2) is 35.0 Å². The minimum Gasteiger partial charge on any atom is -0.435 e. The number of hydrogen-bond donors (Lipinski definition) is 1. The normalized spacial score (nSPS) is 14.9. The van der Waals surface area contributed by atoms with Gasteiger partial charge in [-0.1, -0.05) is 18.0 Å². The number of hydrogen-bond acceptors (Lipinski definition) is 9. The minimum absolute atomic E-state index is 0.00673. The summed E-state index contributed by atoms with van der Waals surface area (Å²) >= 11 is 0.990. The van der Waals surface area contributed by atoms with Crippen molar-refractivity contribution >= 4 is 17.9 Å². The van der Waals surface area contributed by atoms with Gasteiger partial charge in [0, 0.05) is 35.8 Å². The van der Waals surface area contributed by atoms with Crippen molar-refractivity contribution in [2.24, 2.45) is 0 Å². The Hall–Kier alpha value is -3.21. The molecule has 4 rings (SSSR count). The van der Waals surface area contributed by atoms with Gasteiger partial charge in [-0.15, -0.1) is 10.2 Å². The highest BCUT2D eigenvalue weighted by Gasteiger charge is 2.36. The molecule has 0 spiro atoms. The highest BCUT2D eigenvalue weighted by Crippen LogP contribution is 2.39. The summed E-state index contributed by atoms with van der Waals surface area (Å²) in [5.74, 6) is -2.83. The van der Waals surface area contributed by atoms with Crippen LogP contribution in [-0.2, 0) is 0 Å². The Labute approximate surface area is 213 Å². The summed E-state index contributed by atoms with van der Waals surface area (Å²) in [5, 5.41) is 9.40. The third-order valence-corrected chi connectivity index (χ3v) is 6.31. The largest absolute Gasteiger partial charge is 0.435 e. The first kappa shape index (κ1) is 27.8. The van der Waals surface area contributed by atoms with Crippen molar-refractivity contribution in [1.82, 2.24) is 24.5 Å². The monoisotopic (exact) mass is 570 g/mol. The predicted molar refractivity (Wildman–Crippen MR) is 118 cm³/mol. The predicted octanol–water partition coefficient (Wildman–Crippen LogP) is 6.03. The van der Waals surface area contributed by atoms with E-state index in [-0.39, 0.29) is 34.8 Å². The summed E-state index contributed by atoms with van der Waals surface area (Å²) in [7, 11) is 0. The Morgan fingerprint density at radius 3 is 2.37 bits per heavy atom. The van der Waals surface area contributed by atoms with Crippen molar-refractivity contribution in [3.8, 4) is 17.2 Å². The van der Waals surface area contributed by atoms with Crippen LogP contribution in [0.25, 0.3) is 11.5 Å². The van der Waals surface area contributed by atoms with E-state index < -0.39 is 49.3 Å². The van der Waals surface area contributed by atoms with Crippen LogP contribution >= 0.6 is 11.9 Å². The molecular weight excluding hydrogens is 552 g/mol. The van der Waals surface area contributed by atoms with Gasteiger partial charge in [-0.2, -0.15) is 30.7 Å². The van der Waals surface area contributed by atoms with Crippen LogP contribution in [-0.4, -0.2) is 55.6 Å². The molecule has 1 atom stereocenters. The second kappa shape index (κ2) is 11.7. The van der Waals surface area contributed by atoms with Crippen molar-refractivity contribution in [2.75, 3.05) is 18.4 Å². The molecule has 2 heterocycles. The van der Waals surface area contributed by atoms with Gasteiger partial charge in [0.15, 0.2) is 0 Å². The highest BCUT2D eigenvalue weighted by molar-refractivity contribution is 7.97. The molecule has 1 saturated carbocycles. The second-order valence-corrected chi connectivity index (χ2v) is 9.44. The summed E-state index contributed by atoms with van der Waals surface area (Å²) in [5.41, 5.74) is -0.0736. The van der Waals surface area contributed by atoms with Gasteiger partial charge in [-0.05, 0) is 18.9 Å². The number of ether oxygens (including phenoxy) is 1. The van der Waals surface area contributed by atoms with Crippen LogP contribution in [0.4, 0.5) is 41.1 Å². The fourth-order valence-corrected chi connectivity index (χ4v) is 4.45. The molecule has 1 fully saturated rings. The van der Waals surface area contributed by atoms with Gasteiger partial charge >= 0.3 is 19.2 Å². The van der Waals surface area contributed by atoms with E-state index in [2.05, 4.69) is 30.2 Å². The molecule has 1 unspecified atom stereocenters. The molecule has 2 aromatic heterocycles. The zero-order valence-corrected chi connectivity index (χ0v) is 19.8. The number of alkyl halides is 7. The lowest BCUT2D eigenvalue weighted by molar-refractivity contribution is -0.135. The van der Waals surface area contributed by atoms with Crippen LogP contribution in [0, 0.1) is 5.82 Å². The van der Waals surface area contributed by atoms with Gasteiger partial charge in [-0.25, -0.2) is 18.7 Å². The Morgan fingerprint density at radius 1 is 1.11 bits per heavy atom. The molecule has 1 N–H and O–H groups in total. The van der Waals surface area contributed by atoms with Crippen molar-refractivity contribution in [3.05, 3.63) is 47.9 Å². The first-order chi connectivity index (χ1) is 18.0. The second-order valence-electron chi connectivity index (χ2n) is 8.04. The number of nitrogens with zero attached hydrogens (tertiary/aromatic N) is 5. The van der Waals surface area contributed by atoms with E-state index in [1.54, 1.807) is 0 Å². The Kier molecular flexibility index (Phi) is 8.54. The van der Waals surface area contributed by atoms with E-state index >= 15 is 0 Å². The summed E-state index contributed by atoms with van der Waals surface area (Å²) in [6, 6.07) is 1.69. The fraction of sp³-hybridized carbons (Fsp3) is 0.429. The molecule has 0 radical (unpaired) electrons. The molecule has 206 valence electrons. The van der Waals surface area contributed by atoms with Gasteiger partial charge in [0.25, 0.3) is 11.8 Å². The van der Waals surface area contributed by atoms with E-state index in [0.29, 0.717) is 6.07 Å². The van der Waals surface area contributed by atoms with Crippen molar-refractivity contribution in [3.63, 3.8) is 0 Å². The van der Waals surface area contributed by atoms with E-state index in [0.717, 1.165) is 53.6 Å². The third-order valence-electron chi connectivity index (χ3n) is 4.97. The van der Waals surface area contributed by atoms with E-state index in [1.165, 1.54) is 0 Å². The molecule has 1 aromatic carbocycles. The molecule has 1 aliphatic rings. The van der Waals surface area contributed by atoms with Crippen LogP contribution in [0.3, 0.4) is 0 Å². The smallest absolute Gasteiger partial charge is 0.402 e. The van der Waals surface area contributed by atoms with Crippen molar-refractivity contribution < 1.29 is 44.3 Å². The zero-order chi connectivity index (χ0) is 27.4. The van der Waals surface area contributed by atoms with Crippen LogP contribution < -0.4 is 10.1 Å². The van der Waals surface area contributed by atoms with Crippen LogP contribution in [0.1, 0.15) is 36.8 Å². The number of nitrogens with one attached hydrogen (secondary N) is 1. The molecule has 0 aliphatic heterocycles. The minimum atomic E-state index is -4.54. The first-order valence-electron chi connectivity index (χ1n) is 10.9. The summed E-state index contributed by atoms with van der Waals surface area (Å²) in [4.78, 5) is 7.97. The van der Waals surface area contributed by atoms with Crippen molar-refractivity contribution in [1.29, 1.82) is 0 Å². The maximum Gasteiger partial charge on any atom is 0.402 e. The maximum atomic E-state index is 14.9. The van der Waals surface area contributed by atoms with Gasteiger partial charge in [0.2, 0.25) is 5.95 Å².